The number of rotatable bonds is 1. The van der Waals surface area contributed by atoms with Crippen molar-refractivity contribution in [3.63, 3.8) is 0 Å². The Labute approximate surface area is 82.7 Å². The summed E-state index contributed by atoms with van der Waals surface area (Å²) in [6.45, 7) is 0. The molecule has 0 N–H and O–H groups in total. The van der Waals surface area contributed by atoms with Crippen LogP contribution in [0.3, 0.4) is 0 Å². The molecule has 0 fully saturated rings. The normalized spacial score (nSPS) is 10.5. The minimum absolute atomic E-state index is 0.000386. The van der Waals surface area contributed by atoms with Gasteiger partial charge in [0.1, 0.15) is 5.02 Å². The molecule has 0 radical (unpaired) electrons. The van der Waals surface area contributed by atoms with Crippen LogP contribution in [0.1, 0.15) is 0 Å². The van der Waals surface area contributed by atoms with Crippen molar-refractivity contribution in [2.24, 2.45) is 0 Å². The SMILES string of the molecule is O=[N+]([O-])c1c(Cl)ccc2sccc12. The zero-order chi connectivity index (χ0) is 9.42. The van der Waals surface area contributed by atoms with Crippen LogP contribution in [-0.4, -0.2) is 4.92 Å². The number of nitro groups is 1. The van der Waals surface area contributed by atoms with E-state index in [-0.39, 0.29) is 10.7 Å². The second-order valence-electron chi connectivity index (χ2n) is 2.49. The van der Waals surface area contributed by atoms with Gasteiger partial charge >= 0.3 is 0 Å². The van der Waals surface area contributed by atoms with Crippen LogP contribution in [-0.2, 0) is 0 Å². The van der Waals surface area contributed by atoms with Crippen molar-refractivity contribution in [1.29, 1.82) is 0 Å². The maximum absolute atomic E-state index is 10.7. The third kappa shape index (κ3) is 1.28. The molecule has 13 heavy (non-hydrogen) atoms. The van der Waals surface area contributed by atoms with E-state index >= 15 is 0 Å². The predicted octanol–water partition coefficient (Wildman–Crippen LogP) is 3.46. The molecule has 0 atom stereocenters. The molecule has 0 spiro atoms. The molecule has 2 aromatic rings. The number of benzene rings is 1. The van der Waals surface area contributed by atoms with E-state index in [1.165, 1.54) is 11.3 Å². The van der Waals surface area contributed by atoms with E-state index in [1.807, 2.05) is 5.38 Å². The van der Waals surface area contributed by atoms with Gasteiger partial charge in [-0.1, -0.05) is 11.6 Å². The third-order valence-corrected chi connectivity index (χ3v) is 2.93. The summed E-state index contributed by atoms with van der Waals surface area (Å²) in [5.41, 5.74) is 0.000386. The van der Waals surface area contributed by atoms with Crippen molar-refractivity contribution in [3.8, 4) is 0 Å². The summed E-state index contributed by atoms with van der Waals surface area (Å²) in [4.78, 5) is 10.2. The minimum Gasteiger partial charge on any atom is -0.258 e. The van der Waals surface area contributed by atoms with Crippen molar-refractivity contribution in [2.75, 3.05) is 0 Å². The van der Waals surface area contributed by atoms with E-state index in [1.54, 1.807) is 18.2 Å². The Balaban J connectivity index is 2.88. The van der Waals surface area contributed by atoms with Crippen LogP contribution in [0, 0.1) is 10.1 Å². The summed E-state index contributed by atoms with van der Waals surface area (Å²) in [5, 5.41) is 13.3. The molecule has 0 aliphatic rings. The Morgan fingerprint density at radius 2 is 2.15 bits per heavy atom. The molecule has 0 amide bonds. The highest BCUT2D eigenvalue weighted by Crippen LogP contribution is 2.35. The highest BCUT2D eigenvalue weighted by atomic mass is 35.5. The van der Waals surface area contributed by atoms with E-state index in [2.05, 4.69) is 0 Å². The Hall–Kier alpha value is -1.13. The van der Waals surface area contributed by atoms with E-state index in [0.29, 0.717) is 5.39 Å². The fraction of sp³-hybridized carbons (Fsp3) is 0. The van der Waals surface area contributed by atoms with Gasteiger partial charge in [0.05, 0.1) is 10.3 Å². The smallest absolute Gasteiger partial charge is 0.258 e. The Morgan fingerprint density at radius 1 is 1.38 bits per heavy atom. The van der Waals surface area contributed by atoms with Gasteiger partial charge in [-0.25, -0.2) is 0 Å². The standard InChI is InChI=1S/C8H4ClNO2S/c9-6-1-2-7-5(3-4-13-7)8(6)10(11)12/h1-4H. The third-order valence-electron chi connectivity index (χ3n) is 1.74. The average Bonchev–Trinajstić information content (AvgIpc) is 2.50. The Kier molecular flexibility index (Phi) is 1.94. The molecule has 0 saturated heterocycles. The van der Waals surface area contributed by atoms with Gasteiger partial charge in [0.15, 0.2) is 0 Å². The van der Waals surface area contributed by atoms with Gasteiger partial charge in [0.2, 0.25) is 0 Å². The van der Waals surface area contributed by atoms with Crippen molar-refractivity contribution in [3.05, 3.63) is 38.7 Å². The first kappa shape index (κ1) is 8.47. The molecule has 1 aromatic carbocycles. The Morgan fingerprint density at radius 3 is 2.85 bits per heavy atom. The molecule has 3 nitrogen and oxygen atoms in total. The average molecular weight is 214 g/mol. The molecule has 0 aliphatic heterocycles. The fourth-order valence-electron chi connectivity index (χ4n) is 1.19. The van der Waals surface area contributed by atoms with Gasteiger partial charge in [-0.2, -0.15) is 0 Å². The number of halogens is 1. The second kappa shape index (κ2) is 2.97. The summed E-state index contributed by atoms with van der Waals surface area (Å²) in [6, 6.07) is 5.05. The lowest BCUT2D eigenvalue weighted by molar-refractivity contribution is -0.382. The van der Waals surface area contributed by atoms with Gasteiger partial charge in [-0.05, 0) is 23.6 Å². The fourth-order valence-corrected chi connectivity index (χ4v) is 2.21. The van der Waals surface area contributed by atoms with E-state index in [0.717, 1.165) is 4.70 Å². The van der Waals surface area contributed by atoms with Crippen LogP contribution in [0.15, 0.2) is 23.6 Å². The van der Waals surface area contributed by atoms with Crippen LogP contribution >= 0.6 is 22.9 Å². The van der Waals surface area contributed by atoms with Gasteiger partial charge in [0, 0.05) is 4.70 Å². The lowest BCUT2D eigenvalue weighted by Gasteiger charge is -1.95. The molecular weight excluding hydrogens is 210 g/mol. The molecule has 0 unspecified atom stereocenters. The van der Waals surface area contributed by atoms with Crippen LogP contribution < -0.4 is 0 Å². The molecule has 2 rings (SSSR count). The number of hydrogen-bond donors (Lipinski definition) is 0. The Bertz CT molecular complexity index is 480. The summed E-state index contributed by atoms with van der Waals surface area (Å²) in [7, 11) is 0. The quantitative estimate of drug-likeness (QED) is 0.538. The van der Waals surface area contributed by atoms with Crippen LogP contribution in [0.25, 0.3) is 10.1 Å². The second-order valence-corrected chi connectivity index (χ2v) is 3.84. The predicted molar refractivity (Wildman–Crippen MR) is 53.5 cm³/mol. The van der Waals surface area contributed by atoms with E-state index in [9.17, 15) is 10.1 Å². The molecule has 0 bridgehead atoms. The molecular formula is C8H4ClNO2S. The summed E-state index contributed by atoms with van der Waals surface area (Å²) in [5.74, 6) is 0. The summed E-state index contributed by atoms with van der Waals surface area (Å²) in [6.07, 6.45) is 0. The largest absolute Gasteiger partial charge is 0.296 e. The highest BCUT2D eigenvalue weighted by Gasteiger charge is 2.16. The summed E-state index contributed by atoms with van der Waals surface area (Å²) < 4.78 is 0.885. The molecule has 5 heteroatoms. The van der Waals surface area contributed by atoms with Crippen molar-refractivity contribution in [1.82, 2.24) is 0 Å². The van der Waals surface area contributed by atoms with Crippen LogP contribution in [0.2, 0.25) is 5.02 Å². The number of fused-ring (bicyclic) bond motifs is 1. The first-order chi connectivity index (χ1) is 6.20. The maximum atomic E-state index is 10.7. The van der Waals surface area contributed by atoms with Gasteiger partial charge in [-0.3, -0.25) is 10.1 Å². The monoisotopic (exact) mass is 213 g/mol. The number of nitrogens with zero attached hydrogens (tertiary/aromatic N) is 1. The number of thiophene rings is 1. The molecule has 1 heterocycles. The van der Waals surface area contributed by atoms with Crippen molar-refractivity contribution >= 4 is 38.7 Å². The lowest BCUT2D eigenvalue weighted by Crippen LogP contribution is -1.88. The summed E-state index contributed by atoms with van der Waals surface area (Å²) >= 11 is 7.18. The lowest BCUT2D eigenvalue weighted by atomic mass is 10.2. The van der Waals surface area contributed by atoms with Gasteiger partial charge in [-0.15, -0.1) is 11.3 Å². The molecule has 1 aromatic heterocycles. The molecule has 66 valence electrons. The van der Waals surface area contributed by atoms with Crippen LogP contribution in [0.5, 0.6) is 0 Å². The first-order valence-electron chi connectivity index (χ1n) is 3.50. The van der Waals surface area contributed by atoms with Crippen molar-refractivity contribution in [2.45, 2.75) is 0 Å². The molecule has 0 saturated carbocycles. The highest BCUT2D eigenvalue weighted by molar-refractivity contribution is 7.17. The van der Waals surface area contributed by atoms with E-state index < -0.39 is 4.92 Å². The zero-order valence-corrected chi connectivity index (χ0v) is 7.93. The first-order valence-corrected chi connectivity index (χ1v) is 4.76. The number of nitro benzene ring substituents is 1. The maximum Gasteiger partial charge on any atom is 0.296 e. The van der Waals surface area contributed by atoms with E-state index in [4.69, 9.17) is 11.6 Å². The molecule has 0 aliphatic carbocycles. The van der Waals surface area contributed by atoms with Gasteiger partial charge < -0.3 is 0 Å². The minimum atomic E-state index is -0.447. The number of hydrogen-bond acceptors (Lipinski definition) is 3. The van der Waals surface area contributed by atoms with Crippen molar-refractivity contribution < 1.29 is 4.92 Å². The van der Waals surface area contributed by atoms with Crippen LogP contribution in [0.4, 0.5) is 5.69 Å². The van der Waals surface area contributed by atoms with Gasteiger partial charge in [0.25, 0.3) is 5.69 Å². The topological polar surface area (TPSA) is 43.1 Å². The zero-order valence-electron chi connectivity index (χ0n) is 6.36.